The highest BCUT2D eigenvalue weighted by atomic mass is 32.2. The van der Waals surface area contributed by atoms with Gasteiger partial charge < -0.3 is 20.4 Å². The van der Waals surface area contributed by atoms with Crippen molar-refractivity contribution in [2.45, 2.75) is 29.4 Å². The van der Waals surface area contributed by atoms with Gasteiger partial charge >= 0.3 is 10.1 Å². The Bertz CT molecular complexity index is 1250. The molecule has 0 saturated carbocycles. The van der Waals surface area contributed by atoms with Crippen LogP contribution in [-0.4, -0.2) is 41.5 Å². The Kier molecular flexibility index (Phi) is 6.24. The minimum absolute atomic E-state index is 0.0259. The molecule has 2 heterocycles. The number of rotatable bonds is 8. The molecular weight excluding hydrogens is 444 g/mol. The second kappa shape index (κ2) is 8.97. The smallest absolute Gasteiger partial charge is 0.313 e. The number of ether oxygens (including phenoxy) is 1. The molecule has 3 aromatic rings. The van der Waals surface area contributed by atoms with E-state index >= 15 is 0 Å². The number of aromatic nitrogens is 2. The summed E-state index contributed by atoms with van der Waals surface area (Å²) in [6.07, 6.45) is 1.55. The van der Waals surface area contributed by atoms with Crippen LogP contribution in [0.15, 0.2) is 65.8 Å². The van der Waals surface area contributed by atoms with E-state index in [2.05, 4.69) is 22.4 Å². The molecule has 1 aliphatic rings. The van der Waals surface area contributed by atoms with Gasteiger partial charge in [-0.3, -0.25) is 9.35 Å². The Labute approximate surface area is 192 Å². The summed E-state index contributed by atoms with van der Waals surface area (Å²) in [4.78, 5) is 16.0. The van der Waals surface area contributed by atoms with Crippen LogP contribution in [0.4, 0.5) is 0 Å². The van der Waals surface area contributed by atoms with Gasteiger partial charge in [-0.25, -0.2) is 4.98 Å². The van der Waals surface area contributed by atoms with E-state index in [4.69, 9.17) is 10.5 Å². The Morgan fingerprint density at radius 2 is 2.03 bits per heavy atom. The first-order valence-corrected chi connectivity index (χ1v) is 11.9. The molecule has 1 aliphatic heterocycles. The molecule has 1 aromatic heterocycles. The second-order valence-electron chi connectivity index (χ2n) is 8.32. The quantitative estimate of drug-likeness (QED) is 0.427. The number of carbonyl (C=O) groups is 1. The number of aryl methyl sites for hydroxylation is 1. The molecule has 2 aromatic carbocycles. The number of hydrogen-bond donors (Lipinski definition) is 3. The van der Waals surface area contributed by atoms with Gasteiger partial charge in [-0.15, -0.1) is 0 Å². The zero-order chi connectivity index (χ0) is 23.6. The first-order chi connectivity index (χ1) is 15.7. The summed E-state index contributed by atoms with van der Waals surface area (Å²) in [6.45, 7) is 1.70. The minimum Gasteiger partial charge on any atom is -0.473 e. The summed E-state index contributed by atoms with van der Waals surface area (Å²) in [5.41, 5.74) is 7.71. The largest absolute Gasteiger partial charge is 0.473 e. The van der Waals surface area contributed by atoms with Gasteiger partial charge in [0, 0.05) is 25.2 Å². The van der Waals surface area contributed by atoms with Crippen molar-refractivity contribution in [2.75, 3.05) is 13.1 Å². The van der Waals surface area contributed by atoms with Crippen molar-refractivity contribution in [1.29, 1.82) is 0 Å². The number of nitrogens with zero attached hydrogens (tertiary/aromatic N) is 2. The lowest BCUT2D eigenvalue weighted by Gasteiger charge is -2.30. The molecule has 33 heavy (non-hydrogen) atoms. The van der Waals surface area contributed by atoms with E-state index in [9.17, 15) is 17.8 Å². The van der Waals surface area contributed by atoms with Crippen LogP contribution < -0.4 is 15.8 Å². The van der Waals surface area contributed by atoms with Crippen LogP contribution in [-0.2, 0) is 33.8 Å². The summed E-state index contributed by atoms with van der Waals surface area (Å²) in [7, 11) is -3.05. The normalized spacial score (nSPS) is 19.3. The second-order valence-corrected chi connectivity index (χ2v) is 9.69. The van der Waals surface area contributed by atoms with Crippen LogP contribution in [0.3, 0.4) is 0 Å². The van der Waals surface area contributed by atoms with Gasteiger partial charge in [0.1, 0.15) is 5.75 Å². The van der Waals surface area contributed by atoms with Crippen LogP contribution in [0.2, 0.25) is 0 Å². The number of nitrogens with one attached hydrogen (secondary N) is 1. The lowest BCUT2D eigenvalue weighted by Crippen LogP contribution is -2.32. The summed E-state index contributed by atoms with van der Waals surface area (Å²) in [6, 6.07) is 17.8. The first-order valence-electron chi connectivity index (χ1n) is 10.5. The predicted octanol–water partition coefficient (Wildman–Crippen LogP) is 1.75. The van der Waals surface area contributed by atoms with E-state index in [0.717, 1.165) is 37.7 Å². The third-order valence-corrected chi connectivity index (χ3v) is 6.70. The van der Waals surface area contributed by atoms with Crippen LogP contribution in [0.25, 0.3) is 0 Å². The lowest BCUT2D eigenvalue weighted by molar-refractivity contribution is -0.125. The van der Waals surface area contributed by atoms with Crippen molar-refractivity contribution in [3.63, 3.8) is 0 Å². The molecule has 4 N–H and O–H groups in total. The molecule has 1 fully saturated rings. The van der Waals surface area contributed by atoms with Crippen LogP contribution >= 0.6 is 0 Å². The zero-order valence-electron chi connectivity index (χ0n) is 18.1. The average Bonchev–Trinajstić information content (AvgIpc) is 3.40. The van der Waals surface area contributed by atoms with Gasteiger partial charge in [0.25, 0.3) is 5.91 Å². The van der Waals surface area contributed by atoms with Gasteiger partial charge in [-0.2, -0.15) is 8.42 Å². The summed E-state index contributed by atoms with van der Waals surface area (Å²) < 4.78 is 39.4. The van der Waals surface area contributed by atoms with Gasteiger partial charge in [-0.1, -0.05) is 42.5 Å². The van der Waals surface area contributed by atoms with E-state index in [1.165, 1.54) is 17.2 Å². The molecule has 9 nitrogen and oxygen atoms in total. The topological polar surface area (TPSA) is 137 Å². The van der Waals surface area contributed by atoms with Gasteiger partial charge in [0.2, 0.25) is 11.1 Å². The van der Waals surface area contributed by atoms with Gasteiger partial charge in [-0.05, 0) is 42.6 Å². The molecule has 2 unspecified atom stereocenters. The third kappa shape index (κ3) is 4.92. The van der Waals surface area contributed by atoms with Crippen LogP contribution in [0.5, 0.6) is 5.75 Å². The number of amides is 1. The zero-order valence-corrected chi connectivity index (χ0v) is 19.0. The van der Waals surface area contributed by atoms with Gasteiger partial charge in [0.15, 0.2) is 5.82 Å². The third-order valence-electron chi connectivity index (χ3n) is 5.98. The predicted molar refractivity (Wildman–Crippen MR) is 121 cm³/mol. The van der Waals surface area contributed by atoms with Crippen molar-refractivity contribution in [3.05, 3.63) is 77.7 Å². The molecule has 0 spiro atoms. The molecule has 0 bridgehead atoms. The molecule has 1 amide bonds. The maximum atomic E-state index is 12.2. The number of imidazole rings is 1. The van der Waals surface area contributed by atoms with E-state index < -0.39 is 27.2 Å². The highest BCUT2D eigenvalue weighted by molar-refractivity contribution is 7.85. The molecule has 174 valence electrons. The van der Waals surface area contributed by atoms with Crippen molar-refractivity contribution >= 4 is 16.0 Å². The highest BCUT2D eigenvalue weighted by Gasteiger charge is 2.36. The standard InChI is InChI=1S/C23H26N4O5S/c1-27-14-19(33(29,30)31)26-22(27)20(21(24)28)32-18-9-5-8-17(12-18)23(10-11-25-15-23)13-16-6-3-2-4-7-16/h2-9,12,14,20,25H,10-11,13,15H2,1H3,(H2,24,28)(H,29,30,31). The van der Waals surface area contributed by atoms with Crippen LogP contribution in [0, 0.1) is 0 Å². The van der Waals surface area contributed by atoms with Crippen molar-refractivity contribution in [1.82, 2.24) is 14.9 Å². The van der Waals surface area contributed by atoms with Crippen molar-refractivity contribution in [2.24, 2.45) is 12.8 Å². The van der Waals surface area contributed by atoms with Crippen molar-refractivity contribution in [3.8, 4) is 5.75 Å². The molecule has 10 heteroatoms. The van der Waals surface area contributed by atoms with E-state index in [-0.39, 0.29) is 11.2 Å². The summed E-state index contributed by atoms with van der Waals surface area (Å²) >= 11 is 0. The molecule has 2 atom stereocenters. The minimum atomic E-state index is -4.54. The van der Waals surface area contributed by atoms with E-state index in [1.54, 1.807) is 6.07 Å². The van der Waals surface area contributed by atoms with Gasteiger partial charge in [0.05, 0.1) is 0 Å². The maximum Gasteiger partial charge on any atom is 0.313 e. The fourth-order valence-corrected chi connectivity index (χ4v) is 4.82. The van der Waals surface area contributed by atoms with E-state index in [1.807, 2.05) is 36.4 Å². The van der Waals surface area contributed by atoms with E-state index in [0.29, 0.717) is 5.75 Å². The SMILES string of the molecule is Cn1cc(S(=O)(=O)O)nc1C(Oc1cccc(C2(Cc3ccccc3)CCNC2)c1)C(N)=O. The first kappa shape index (κ1) is 23.0. The monoisotopic (exact) mass is 470 g/mol. The number of carbonyl (C=O) groups excluding carboxylic acids is 1. The average molecular weight is 471 g/mol. The maximum absolute atomic E-state index is 12.2. The number of nitrogens with two attached hydrogens (primary N) is 1. The summed E-state index contributed by atoms with van der Waals surface area (Å²) in [5, 5.41) is 2.87. The number of hydrogen-bond acceptors (Lipinski definition) is 6. The molecule has 0 aliphatic carbocycles. The molecule has 0 radical (unpaired) electrons. The fourth-order valence-electron chi connectivity index (χ4n) is 4.32. The lowest BCUT2D eigenvalue weighted by atomic mass is 9.75. The number of primary amides is 1. The number of benzene rings is 2. The fraction of sp³-hybridized carbons (Fsp3) is 0.304. The van der Waals surface area contributed by atoms with Crippen molar-refractivity contribution < 1.29 is 22.5 Å². The Hall–Kier alpha value is -3.21. The van der Waals surface area contributed by atoms with Crippen LogP contribution in [0.1, 0.15) is 29.5 Å². The highest BCUT2D eigenvalue weighted by Crippen LogP contribution is 2.36. The molecule has 4 rings (SSSR count). The molecular formula is C23H26N4O5S. The Morgan fingerprint density at radius 1 is 1.27 bits per heavy atom. The summed E-state index contributed by atoms with van der Waals surface area (Å²) in [5.74, 6) is -0.452. The molecule has 1 saturated heterocycles. The Balaban J connectivity index is 1.65. The Morgan fingerprint density at radius 3 is 2.64 bits per heavy atom.